The Bertz CT molecular complexity index is 522. The van der Waals surface area contributed by atoms with E-state index < -0.39 is 0 Å². The normalized spacial score (nSPS) is 14.4. The maximum atomic E-state index is 12.4. The van der Waals surface area contributed by atoms with Crippen molar-refractivity contribution in [3.63, 3.8) is 0 Å². The first kappa shape index (κ1) is 11.3. The van der Waals surface area contributed by atoms with Crippen molar-refractivity contribution in [2.75, 3.05) is 0 Å². The highest BCUT2D eigenvalue weighted by molar-refractivity contribution is 7.09. The lowest BCUT2D eigenvalue weighted by atomic mass is 10.3. The molecule has 18 heavy (non-hydrogen) atoms. The van der Waals surface area contributed by atoms with Crippen LogP contribution in [0, 0.1) is 0 Å². The number of amides is 1. The third-order valence-corrected chi connectivity index (χ3v) is 3.69. The lowest BCUT2D eigenvalue weighted by Gasteiger charge is -2.20. The van der Waals surface area contributed by atoms with E-state index in [2.05, 4.69) is 9.97 Å². The molecule has 0 radical (unpaired) electrons. The molecule has 0 aromatic carbocycles. The first-order valence-corrected chi connectivity index (χ1v) is 6.83. The molecule has 0 spiro atoms. The third kappa shape index (κ3) is 2.41. The molecule has 1 saturated carbocycles. The summed E-state index contributed by atoms with van der Waals surface area (Å²) in [6, 6.07) is 5.79. The van der Waals surface area contributed by atoms with Gasteiger partial charge in [-0.1, -0.05) is 6.07 Å². The second-order valence-electron chi connectivity index (χ2n) is 4.31. The fourth-order valence-electron chi connectivity index (χ4n) is 1.87. The maximum Gasteiger partial charge on any atom is 0.273 e. The topological polar surface area (TPSA) is 46.1 Å². The zero-order valence-electron chi connectivity index (χ0n) is 9.82. The molecular formula is C13H13N3OS. The predicted octanol–water partition coefficient (Wildman–Crippen LogP) is 2.34. The van der Waals surface area contributed by atoms with Crippen LogP contribution in [0.4, 0.5) is 0 Å². The Labute approximate surface area is 109 Å². The Balaban J connectivity index is 1.80. The summed E-state index contributed by atoms with van der Waals surface area (Å²) in [4.78, 5) is 22.7. The number of carbonyl (C=O) groups excluding carboxylic acids is 1. The van der Waals surface area contributed by atoms with Gasteiger partial charge in [-0.15, -0.1) is 11.3 Å². The van der Waals surface area contributed by atoms with Crippen LogP contribution in [0.15, 0.2) is 36.0 Å². The number of pyridine rings is 1. The predicted molar refractivity (Wildman–Crippen MR) is 69.2 cm³/mol. The Hall–Kier alpha value is -1.75. The molecule has 1 amide bonds. The average Bonchev–Trinajstić information content (AvgIpc) is 3.13. The molecule has 92 valence electrons. The standard InChI is InChI=1S/C13H13N3OS/c17-13(11-3-1-2-6-14-11)16(10-4-5-10)9-12-15-7-8-18-12/h1-3,6-8,10H,4-5,9H2. The Morgan fingerprint density at radius 2 is 2.22 bits per heavy atom. The average molecular weight is 259 g/mol. The van der Waals surface area contributed by atoms with Crippen molar-refractivity contribution in [1.29, 1.82) is 0 Å². The van der Waals surface area contributed by atoms with Gasteiger partial charge in [0.2, 0.25) is 0 Å². The van der Waals surface area contributed by atoms with Gasteiger partial charge in [0.25, 0.3) is 5.91 Å². The lowest BCUT2D eigenvalue weighted by Crippen LogP contribution is -2.33. The Morgan fingerprint density at radius 1 is 1.33 bits per heavy atom. The van der Waals surface area contributed by atoms with E-state index in [-0.39, 0.29) is 5.91 Å². The summed E-state index contributed by atoms with van der Waals surface area (Å²) in [6.45, 7) is 0.595. The van der Waals surface area contributed by atoms with Crippen molar-refractivity contribution in [2.24, 2.45) is 0 Å². The monoisotopic (exact) mass is 259 g/mol. The van der Waals surface area contributed by atoms with Crippen LogP contribution >= 0.6 is 11.3 Å². The van der Waals surface area contributed by atoms with Crippen molar-refractivity contribution in [3.05, 3.63) is 46.7 Å². The van der Waals surface area contributed by atoms with Crippen LogP contribution in [-0.4, -0.2) is 26.8 Å². The van der Waals surface area contributed by atoms with Crippen LogP contribution in [-0.2, 0) is 6.54 Å². The van der Waals surface area contributed by atoms with E-state index in [4.69, 9.17) is 0 Å². The second-order valence-corrected chi connectivity index (χ2v) is 5.28. The number of nitrogens with zero attached hydrogens (tertiary/aromatic N) is 3. The van der Waals surface area contributed by atoms with E-state index in [1.54, 1.807) is 29.8 Å². The number of carbonyl (C=O) groups is 1. The lowest BCUT2D eigenvalue weighted by molar-refractivity contribution is 0.0724. The van der Waals surface area contributed by atoms with Crippen molar-refractivity contribution < 1.29 is 4.79 Å². The van der Waals surface area contributed by atoms with Gasteiger partial charge in [-0.2, -0.15) is 0 Å². The van der Waals surface area contributed by atoms with E-state index in [0.29, 0.717) is 18.3 Å². The van der Waals surface area contributed by atoms with Crippen LogP contribution in [0.2, 0.25) is 0 Å². The van der Waals surface area contributed by atoms with Gasteiger partial charge < -0.3 is 4.90 Å². The largest absolute Gasteiger partial charge is 0.328 e. The molecular weight excluding hydrogens is 246 g/mol. The zero-order valence-corrected chi connectivity index (χ0v) is 10.6. The molecule has 1 fully saturated rings. The fourth-order valence-corrected chi connectivity index (χ4v) is 2.48. The van der Waals surface area contributed by atoms with Gasteiger partial charge in [0.15, 0.2) is 0 Å². The molecule has 2 aromatic rings. The highest BCUT2D eigenvalue weighted by Gasteiger charge is 2.33. The van der Waals surface area contributed by atoms with Gasteiger partial charge in [-0.3, -0.25) is 9.78 Å². The minimum Gasteiger partial charge on any atom is -0.328 e. The Kier molecular flexibility index (Phi) is 3.06. The molecule has 4 nitrogen and oxygen atoms in total. The van der Waals surface area contributed by atoms with Crippen LogP contribution in [0.1, 0.15) is 28.3 Å². The summed E-state index contributed by atoms with van der Waals surface area (Å²) >= 11 is 1.58. The number of rotatable bonds is 4. The van der Waals surface area contributed by atoms with Crippen molar-refractivity contribution in [1.82, 2.24) is 14.9 Å². The molecule has 0 saturated heterocycles. The Morgan fingerprint density at radius 3 is 2.83 bits per heavy atom. The summed E-state index contributed by atoms with van der Waals surface area (Å²) in [5.74, 6) is 0.00769. The molecule has 1 aliphatic carbocycles. The summed E-state index contributed by atoms with van der Waals surface area (Å²) in [7, 11) is 0. The highest BCUT2D eigenvalue weighted by atomic mass is 32.1. The minimum atomic E-state index is 0.00769. The molecule has 3 rings (SSSR count). The number of thiazole rings is 1. The van der Waals surface area contributed by atoms with Crippen LogP contribution in [0.5, 0.6) is 0 Å². The maximum absolute atomic E-state index is 12.4. The van der Waals surface area contributed by atoms with E-state index in [1.165, 1.54) is 0 Å². The van der Waals surface area contributed by atoms with Gasteiger partial charge >= 0.3 is 0 Å². The van der Waals surface area contributed by atoms with Gasteiger partial charge in [0.1, 0.15) is 10.7 Å². The van der Waals surface area contributed by atoms with Crippen molar-refractivity contribution in [2.45, 2.75) is 25.4 Å². The van der Waals surface area contributed by atoms with Crippen LogP contribution in [0.25, 0.3) is 0 Å². The SMILES string of the molecule is O=C(c1ccccn1)N(Cc1nccs1)C1CC1. The van der Waals surface area contributed by atoms with Gasteiger partial charge in [0, 0.05) is 23.8 Å². The second kappa shape index (κ2) is 4.86. The molecule has 5 heteroatoms. The molecule has 0 bridgehead atoms. The minimum absolute atomic E-state index is 0.00769. The van der Waals surface area contributed by atoms with Crippen molar-refractivity contribution >= 4 is 17.2 Å². The van der Waals surface area contributed by atoms with Gasteiger partial charge in [-0.25, -0.2) is 4.98 Å². The van der Waals surface area contributed by atoms with E-state index in [1.807, 2.05) is 22.4 Å². The number of aromatic nitrogens is 2. The molecule has 1 aliphatic rings. The fraction of sp³-hybridized carbons (Fsp3) is 0.308. The first-order chi connectivity index (χ1) is 8.84. The molecule has 0 N–H and O–H groups in total. The van der Waals surface area contributed by atoms with Gasteiger partial charge in [0.05, 0.1) is 6.54 Å². The highest BCUT2D eigenvalue weighted by Crippen LogP contribution is 2.29. The summed E-state index contributed by atoms with van der Waals surface area (Å²) in [5.41, 5.74) is 0.515. The molecule has 0 unspecified atom stereocenters. The van der Waals surface area contributed by atoms with E-state index in [9.17, 15) is 4.79 Å². The van der Waals surface area contributed by atoms with E-state index in [0.717, 1.165) is 17.8 Å². The smallest absolute Gasteiger partial charge is 0.273 e. The number of hydrogen-bond donors (Lipinski definition) is 0. The molecule has 0 atom stereocenters. The summed E-state index contributed by atoms with van der Waals surface area (Å²) in [5, 5.41) is 2.91. The van der Waals surface area contributed by atoms with Crippen LogP contribution in [0.3, 0.4) is 0 Å². The molecule has 0 aliphatic heterocycles. The van der Waals surface area contributed by atoms with E-state index >= 15 is 0 Å². The third-order valence-electron chi connectivity index (χ3n) is 2.92. The molecule has 2 heterocycles. The number of hydrogen-bond acceptors (Lipinski definition) is 4. The van der Waals surface area contributed by atoms with Crippen molar-refractivity contribution in [3.8, 4) is 0 Å². The first-order valence-electron chi connectivity index (χ1n) is 5.95. The molecule has 2 aromatic heterocycles. The summed E-state index contributed by atoms with van der Waals surface area (Å²) < 4.78 is 0. The summed E-state index contributed by atoms with van der Waals surface area (Å²) in [6.07, 6.45) is 5.60. The van der Waals surface area contributed by atoms with Crippen LogP contribution < -0.4 is 0 Å². The quantitative estimate of drug-likeness (QED) is 0.846. The van der Waals surface area contributed by atoms with Gasteiger partial charge in [-0.05, 0) is 25.0 Å². The zero-order chi connectivity index (χ0) is 12.4.